The molecule has 1 saturated carbocycles. The van der Waals surface area contributed by atoms with Crippen molar-refractivity contribution in [1.82, 2.24) is 4.90 Å². The summed E-state index contributed by atoms with van der Waals surface area (Å²) in [5.74, 6) is 0.455. The number of rotatable bonds is 2. The lowest BCUT2D eigenvalue weighted by atomic mass is 9.71. The number of fused-ring (bicyclic) bond motifs is 1. The van der Waals surface area contributed by atoms with Gasteiger partial charge in [-0.3, -0.25) is 4.90 Å². The predicted molar refractivity (Wildman–Crippen MR) is 63.0 cm³/mol. The molecule has 0 spiro atoms. The Morgan fingerprint density at radius 3 is 3.00 bits per heavy atom. The van der Waals surface area contributed by atoms with E-state index in [-0.39, 0.29) is 5.60 Å². The molecular formula is C12H20ClNO. The van der Waals surface area contributed by atoms with Gasteiger partial charge in [0.15, 0.2) is 0 Å². The minimum Gasteiger partial charge on any atom is -0.390 e. The van der Waals surface area contributed by atoms with Crippen molar-refractivity contribution in [2.45, 2.75) is 37.7 Å². The molecule has 2 rings (SSSR count). The molecule has 0 aromatic carbocycles. The highest BCUT2D eigenvalue weighted by Crippen LogP contribution is 2.39. The van der Waals surface area contributed by atoms with E-state index in [1.807, 2.05) is 0 Å². The highest BCUT2D eigenvalue weighted by Gasteiger charge is 2.42. The summed E-state index contributed by atoms with van der Waals surface area (Å²) in [6.07, 6.45) is 5.52. The van der Waals surface area contributed by atoms with Crippen molar-refractivity contribution in [2.75, 3.05) is 19.6 Å². The highest BCUT2D eigenvalue weighted by molar-refractivity contribution is 6.29. The summed E-state index contributed by atoms with van der Waals surface area (Å²) in [6.45, 7) is 6.45. The molecule has 1 N–H and O–H groups in total. The number of nitrogens with zero attached hydrogens (tertiary/aromatic N) is 1. The first-order valence-electron chi connectivity index (χ1n) is 5.88. The summed E-state index contributed by atoms with van der Waals surface area (Å²) in [4.78, 5) is 2.32. The molecule has 2 atom stereocenters. The van der Waals surface area contributed by atoms with Gasteiger partial charge in [-0.1, -0.05) is 31.0 Å². The Morgan fingerprint density at radius 1 is 1.47 bits per heavy atom. The van der Waals surface area contributed by atoms with Crippen molar-refractivity contribution in [3.8, 4) is 0 Å². The van der Waals surface area contributed by atoms with Crippen molar-refractivity contribution in [3.05, 3.63) is 11.6 Å². The van der Waals surface area contributed by atoms with E-state index < -0.39 is 0 Å². The minimum atomic E-state index is -0.373. The van der Waals surface area contributed by atoms with Gasteiger partial charge in [-0.2, -0.15) is 0 Å². The fourth-order valence-corrected chi connectivity index (χ4v) is 3.19. The Labute approximate surface area is 96.9 Å². The first-order valence-corrected chi connectivity index (χ1v) is 6.26. The van der Waals surface area contributed by atoms with Crippen molar-refractivity contribution >= 4 is 11.6 Å². The number of piperidine rings is 1. The van der Waals surface area contributed by atoms with E-state index in [2.05, 4.69) is 11.5 Å². The lowest BCUT2D eigenvalue weighted by Gasteiger charge is -2.47. The van der Waals surface area contributed by atoms with Crippen LogP contribution < -0.4 is 0 Å². The average Bonchev–Trinajstić information content (AvgIpc) is 2.17. The summed E-state index contributed by atoms with van der Waals surface area (Å²) in [6, 6.07) is 0. The molecule has 2 fully saturated rings. The summed E-state index contributed by atoms with van der Waals surface area (Å²) in [7, 11) is 0. The quantitative estimate of drug-likeness (QED) is 0.786. The maximum absolute atomic E-state index is 10.5. The van der Waals surface area contributed by atoms with Gasteiger partial charge in [0.1, 0.15) is 0 Å². The molecule has 0 bridgehead atoms. The van der Waals surface area contributed by atoms with E-state index in [0.29, 0.717) is 11.0 Å². The molecule has 3 heteroatoms. The van der Waals surface area contributed by atoms with Crippen molar-refractivity contribution in [3.63, 3.8) is 0 Å². The van der Waals surface area contributed by atoms with Gasteiger partial charge in [-0.05, 0) is 19.3 Å². The van der Waals surface area contributed by atoms with Crippen molar-refractivity contribution in [2.24, 2.45) is 5.92 Å². The standard InChI is InChI=1S/C12H20ClNO/c1-10(13)8-14-7-6-12(15)5-3-2-4-11(12)9-14/h11,15H,1-9H2. The van der Waals surface area contributed by atoms with E-state index in [4.69, 9.17) is 11.6 Å². The van der Waals surface area contributed by atoms with Crippen LogP contribution in [-0.2, 0) is 0 Å². The third-order valence-corrected chi connectivity index (χ3v) is 4.03. The van der Waals surface area contributed by atoms with Gasteiger partial charge < -0.3 is 5.11 Å². The minimum absolute atomic E-state index is 0.373. The zero-order valence-electron chi connectivity index (χ0n) is 9.21. The van der Waals surface area contributed by atoms with Crippen molar-refractivity contribution in [1.29, 1.82) is 0 Å². The van der Waals surface area contributed by atoms with Crippen LogP contribution in [0.5, 0.6) is 0 Å². The van der Waals surface area contributed by atoms with Gasteiger partial charge in [0.05, 0.1) is 5.60 Å². The molecular weight excluding hydrogens is 210 g/mol. The second-order valence-electron chi connectivity index (χ2n) is 5.05. The molecule has 1 saturated heterocycles. The largest absolute Gasteiger partial charge is 0.390 e. The van der Waals surface area contributed by atoms with Crippen LogP contribution in [-0.4, -0.2) is 35.2 Å². The zero-order valence-corrected chi connectivity index (χ0v) is 9.97. The van der Waals surface area contributed by atoms with Crippen LogP contribution in [0.15, 0.2) is 11.6 Å². The number of hydrogen-bond acceptors (Lipinski definition) is 2. The molecule has 2 nitrogen and oxygen atoms in total. The first-order chi connectivity index (χ1) is 7.10. The number of likely N-dealkylation sites (tertiary alicyclic amines) is 1. The fraction of sp³-hybridized carbons (Fsp3) is 0.833. The number of halogens is 1. The lowest BCUT2D eigenvalue weighted by Crippen LogP contribution is -2.53. The van der Waals surface area contributed by atoms with E-state index >= 15 is 0 Å². The average molecular weight is 230 g/mol. The van der Waals surface area contributed by atoms with E-state index in [1.165, 1.54) is 19.3 Å². The van der Waals surface area contributed by atoms with Gasteiger partial charge in [-0.25, -0.2) is 0 Å². The maximum Gasteiger partial charge on any atom is 0.0700 e. The van der Waals surface area contributed by atoms with Crippen LogP contribution in [0.2, 0.25) is 0 Å². The van der Waals surface area contributed by atoms with Crippen LogP contribution in [0.1, 0.15) is 32.1 Å². The molecule has 1 aliphatic heterocycles. The summed E-state index contributed by atoms with van der Waals surface area (Å²) < 4.78 is 0. The van der Waals surface area contributed by atoms with Crippen LogP contribution in [0.4, 0.5) is 0 Å². The molecule has 0 aromatic rings. The molecule has 0 amide bonds. The Balaban J connectivity index is 1.95. The van der Waals surface area contributed by atoms with Crippen LogP contribution >= 0.6 is 11.6 Å². The van der Waals surface area contributed by atoms with Crippen LogP contribution in [0, 0.1) is 5.92 Å². The predicted octanol–water partition coefficient (Wildman–Crippen LogP) is 2.37. The van der Waals surface area contributed by atoms with Crippen LogP contribution in [0.3, 0.4) is 0 Å². The highest BCUT2D eigenvalue weighted by atomic mass is 35.5. The van der Waals surface area contributed by atoms with Gasteiger partial charge in [-0.15, -0.1) is 0 Å². The molecule has 86 valence electrons. The Hall–Kier alpha value is -0.0500. The van der Waals surface area contributed by atoms with Crippen LogP contribution in [0.25, 0.3) is 0 Å². The van der Waals surface area contributed by atoms with E-state index in [0.717, 1.165) is 32.5 Å². The molecule has 15 heavy (non-hydrogen) atoms. The second kappa shape index (κ2) is 4.44. The van der Waals surface area contributed by atoms with Gasteiger partial charge in [0.2, 0.25) is 0 Å². The van der Waals surface area contributed by atoms with E-state index in [1.54, 1.807) is 0 Å². The lowest BCUT2D eigenvalue weighted by molar-refractivity contribution is -0.0935. The Kier molecular flexibility index (Phi) is 3.39. The van der Waals surface area contributed by atoms with E-state index in [9.17, 15) is 5.11 Å². The topological polar surface area (TPSA) is 23.5 Å². The normalized spacial score (nSPS) is 37.3. The van der Waals surface area contributed by atoms with Gasteiger partial charge >= 0.3 is 0 Å². The Bertz CT molecular complexity index is 256. The fourth-order valence-electron chi connectivity index (χ4n) is 3.03. The molecule has 2 aliphatic rings. The smallest absolute Gasteiger partial charge is 0.0700 e. The molecule has 0 aromatic heterocycles. The third-order valence-electron chi connectivity index (χ3n) is 3.91. The van der Waals surface area contributed by atoms with Gasteiger partial charge in [0.25, 0.3) is 0 Å². The molecule has 1 heterocycles. The maximum atomic E-state index is 10.5. The number of hydrogen-bond donors (Lipinski definition) is 1. The van der Waals surface area contributed by atoms with Crippen molar-refractivity contribution < 1.29 is 5.11 Å². The summed E-state index contributed by atoms with van der Waals surface area (Å²) >= 11 is 5.82. The summed E-state index contributed by atoms with van der Waals surface area (Å²) in [5.41, 5.74) is -0.373. The SMILES string of the molecule is C=C(Cl)CN1CCC2(O)CCCCC2C1. The molecule has 0 radical (unpaired) electrons. The number of aliphatic hydroxyl groups is 1. The first kappa shape index (κ1) is 11.4. The monoisotopic (exact) mass is 229 g/mol. The van der Waals surface area contributed by atoms with Gasteiger partial charge in [0, 0.05) is 30.6 Å². The molecule has 1 aliphatic carbocycles. The third kappa shape index (κ3) is 2.55. The Morgan fingerprint density at radius 2 is 2.27 bits per heavy atom. The zero-order chi connectivity index (χ0) is 10.9. The molecule has 2 unspecified atom stereocenters. The summed E-state index contributed by atoms with van der Waals surface area (Å²) in [5, 5.41) is 11.2. The second-order valence-corrected chi connectivity index (χ2v) is 5.58.